The van der Waals surface area contributed by atoms with E-state index in [4.69, 9.17) is 0 Å². The monoisotopic (exact) mass is 341 g/mol. The lowest BCUT2D eigenvalue weighted by molar-refractivity contribution is -0.121. The Morgan fingerprint density at radius 2 is 2.10 bits per heavy atom. The fraction of sp³-hybridized carbons (Fsp3) is 0.562. The van der Waals surface area contributed by atoms with E-state index in [1.807, 2.05) is 26.0 Å². The predicted molar refractivity (Wildman–Crippen MR) is 85.7 cm³/mol. The van der Waals surface area contributed by atoms with Gasteiger partial charge in [-0.05, 0) is 49.8 Å². The van der Waals surface area contributed by atoms with Crippen LogP contribution in [0.2, 0.25) is 0 Å². The van der Waals surface area contributed by atoms with Gasteiger partial charge in [-0.2, -0.15) is 0 Å². The minimum absolute atomic E-state index is 0.0722. The van der Waals surface area contributed by atoms with Crippen LogP contribution in [0.15, 0.2) is 22.7 Å². The van der Waals surface area contributed by atoms with Crippen LogP contribution in [0.4, 0.5) is 0 Å². The molecule has 0 fully saturated rings. The van der Waals surface area contributed by atoms with E-state index in [9.17, 15) is 9.90 Å². The second-order valence-electron chi connectivity index (χ2n) is 5.58. The van der Waals surface area contributed by atoms with Crippen molar-refractivity contribution in [1.82, 2.24) is 5.32 Å². The van der Waals surface area contributed by atoms with Gasteiger partial charge in [0.2, 0.25) is 5.91 Å². The summed E-state index contributed by atoms with van der Waals surface area (Å²) in [5, 5.41) is 12.2. The Bertz CT molecular complexity index is 446. The Kier molecular flexibility index (Phi) is 7.24. The quantitative estimate of drug-likeness (QED) is 0.799. The van der Waals surface area contributed by atoms with Crippen LogP contribution < -0.4 is 5.32 Å². The van der Waals surface area contributed by atoms with Gasteiger partial charge in [0.1, 0.15) is 0 Å². The van der Waals surface area contributed by atoms with E-state index in [0.717, 1.165) is 10.9 Å². The molecule has 0 saturated carbocycles. The molecule has 1 rings (SSSR count). The van der Waals surface area contributed by atoms with Crippen molar-refractivity contribution in [2.75, 3.05) is 6.54 Å². The smallest absolute Gasteiger partial charge is 0.220 e. The van der Waals surface area contributed by atoms with Gasteiger partial charge in [-0.25, -0.2) is 0 Å². The molecule has 20 heavy (non-hydrogen) atoms. The molecule has 0 unspecified atom stereocenters. The minimum atomic E-state index is -0.312. The molecule has 0 aliphatic carbocycles. The van der Waals surface area contributed by atoms with Gasteiger partial charge < -0.3 is 10.4 Å². The number of carbonyl (C=O) groups excluding carboxylic acids is 1. The van der Waals surface area contributed by atoms with E-state index in [2.05, 4.69) is 27.3 Å². The summed E-state index contributed by atoms with van der Waals surface area (Å²) in [5.74, 6) is 0.372. The molecule has 0 aliphatic heterocycles. The van der Waals surface area contributed by atoms with Crippen molar-refractivity contribution in [3.63, 3.8) is 0 Å². The third kappa shape index (κ3) is 6.53. The van der Waals surface area contributed by atoms with E-state index >= 15 is 0 Å². The number of halogens is 1. The molecule has 0 aromatic heterocycles. The van der Waals surface area contributed by atoms with Crippen molar-refractivity contribution >= 4 is 21.8 Å². The summed E-state index contributed by atoms with van der Waals surface area (Å²) in [6.07, 6.45) is 1.66. The summed E-state index contributed by atoms with van der Waals surface area (Å²) in [4.78, 5) is 11.8. The zero-order chi connectivity index (χ0) is 15.1. The van der Waals surface area contributed by atoms with E-state index in [0.29, 0.717) is 25.3 Å². The summed E-state index contributed by atoms with van der Waals surface area (Å²) in [7, 11) is 0. The Morgan fingerprint density at radius 3 is 2.70 bits per heavy atom. The standard InChI is InChI=1S/C16H24BrNO2/c1-11(8-13(3)19)10-18-16(20)7-5-14-4-6-15(17)12(2)9-14/h4,6,9,11,13,19H,5,7-8,10H2,1-3H3,(H,18,20)/t11-,13+/m1/s1. The Hall–Kier alpha value is -0.870. The Labute approximate surface area is 129 Å². The van der Waals surface area contributed by atoms with E-state index in [1.54, 1.807) is 6.92 Å². The average molecular weight is 342 g/mol. The zero-order valence-corrected chi connectivity index (χ0v) is 14.0. The Balaban J connectivity index is 2.31. The molecule has 4 heteroatoms. The van der Waals surface area contributed by atoms with Crippen LogP contribution in [0, 0.1) is 12.8 Å². The van der Waals surface area contributed by atoms with E-state index in [1.165, 1.54) is 11.1 Å². The number of aliphatic hydroxyl groups excluding tert-OH is 1. The van der Waals surface area contributed by atoms with Gasteiger partial charge in [-0.3, -0.25) is 4.79 Å². The molecule has 1 aromatic rings. The highest BCUT2D eigenvalue weighted by Gasteiger charge is 2.08. The molecule has 0 radical (unpaired) electrons. The number of hydrogen-bond acceptors (Lipinski definition) is 2. The third-order valence-electron chi connectivity index (χ3n) is 3.25. The molecule has 0 spiro atoms. The fourth-order valence-corrected chi connectivity index (χ4v) is 2.41. The van der Waals surface area contributed by atoms with Crippen molar-refractivity contribution < 1.29 is 9.90 Å². The SMILES string of the molecule is Cc1cc(CCC(=O)NC[C@H](C)C[C@H](C)O)ccc1Br. The largest absolute Gasteiger partial charge is 0.393 e. The number of benzene rings is 1. The number of amides is 1. The van der Waals surface area contributed by atoms with Gasteiger partial charge in [-0.15, -0.1) is 0 Å². The average Bonchev–Trinajstić information content (AvgIpc) is 2.37. The predicted octanol–water partition coefficient (Wildman–Crippen LogP) is 3.21. The van der Waals surface area contributed by atoms with Crippen LogP contribution in [0.5, 0.6) is 0 Å². The highest BCUT2D eigenvalue weighted by molar-refractivity contribution is 9.10. The molecule has 0 aliphatic rings. The molecule has 2 N–H and O–H groups in total. The maximum Gasteiger partial charge on any atom is 0.220 e. The van der Waals surface area contributed by atoms with Crippen molar-refractivity contribution in [3.05, 3.63) is 33.8 Å². The van der Waals surface area contributed by atoms with Gasteiger partial charge in [-0.1, -0.05) is 35.0 Å². The maximum absolute atomic E-state index is 11.8. The number of aliphatic hydroxyl groups is 1. The summed E-state index contributed by atoms with van der Waals surface area (Å²) < 4.78 is 1.10. The third-order valence-corrected chi connectivity index (χ3v) is 4.14. The Morgan fingerprint density at radius 1 is 1.40 bits per heavy atom. The number of hydrogen-bond donors (Lipinski definition) is 2. The molecular formula is C16H24BrNO2. The highest BCUT2D eigenvalue weighted by Crippen LogP contribution is 2.17. The zero-order valence-electron chi connectivity index (χ0n) is 12.4. The van der Waals surface area contributed by atoms with Crippen LogP contribution in [0.25, 0.3) is 0 Å². The first-order valence-electron chi connectivity index (χ1n) is 7.08. The lowest BCUT2D eigenvalue weighted by Gasteiger charge is -2.14. The molecule has 0 saturated heterocycles. The number of rotatable bonds is 7. The minimum Gasteiger partial charge on any atom is -0.393 e. The molecule has 0 bridgehead atoms. The molecule has 112 valence electrons. The fourth-order valence-electron chi connectivity index (χ4n) is 2.16. The van der Waals surface area contributed by atoms with Crippen LogP contribution in [0.3, 0.4) is 0 Å². The summed E-state index contributed by atoms with van der Waals surface area (Å²) in [5.41, 5.74) is 2.37. The van der Waals surface area contributed by atoms with Gasteiger partial charge in [0.25, 0.3) is 0 Å². The lowest BCUT2D eigenvalue weighted by atomic mass is 10.0. The maximum atomic E-state index is 11.8. The van der Waals surface area contributed by atoms with Crippen molar-refractivity contribution in [2.24, 2.45) is 5.92 Å². The number of aryl methyl sites for hydroxylation is 2. The number of nitrogens with one attached hydrogen (secondary N) is 1. The van der Waals surface area contributed by atoms with E-state index < -0.39 is 0 Å². The molecular weight excluding hydrogens is 318 g/mol. The molecule has 3 nitrogen and oxygen atoms in total. The van der Waals surface area contributed by atoms with E-state index in [-0.39, 0.29) is 12.0 Å². The lowest BCUT2D eigenvalue weighted by Crippen LogP contribution is -2.29. The first kappa shape index (κ1) is 17.2. The van der Waals surface area contributed by atoms with Gasteiger partial charge in [0, 0.05) is 17.4 Å². The van der Waals surface area contributed by atoms with Crippen molar-refractivity contribution in [3.8, 4) is 0 Å². The molecule has 0 heterocycles. The first-order valence-corrected chi connectivity index (χ1v) is 7.87. The van der Waals surface area contributed by atoms with Crippen molar-refractivity contribution in [1.29, 1.82) is 0 Å². The molecule has 1 amide bonds. The topological polar surface area (TPSA) is 49.3 Å². The van der Waals surface area contributed by atoms with Crippen LogP contribution in [-0.4, -0.2) is 23.7 Å². The highest BCUT2D eigenvalue weighted by atomic mass is 79.9. The first-order chi connectivity index (χ1) is 9.38. The normalized spacial score (nSPS) is 13.8. The van der Waals surface area contributed by atoms with Crippen molar-refractivity contribution in [2.45, 2.75) is 46.1 Å². The summed E-state index contributed by atoms with van der Waals surface area (Å²) in [6, 6.07) is 6.17. The van der Waals surface area contributed by atoms with Crippen LogP contribution in [0.1, 0.15) is 37.8 Å². The van der Waals surface area contributed by atoms with Gasteiger partial charge in [0.05, 0.1) is 6.10 Å². The molecule has 2 atom stereocenters. The molecule has 1 aromatic carbocycles. The summed E-state index contributed by atoms with van der Waals surface area (Å²) >= 11 is 3.47. The van der Waals surface area contributed by atoms with Gasteiger partial charge >= 0.3 is 0 Å². The van der Waals surface area contributed by atoms with Crippen LogP contribution in [-0.2, 0) is 11.2 Å². The van der Waals surface area contributed by atoms with Crippen LogP contribution >= 0.6 is 15.9 Å². The second-order valence-corrected chi connectivity index (χ2v) is 6.43. The second kappa shape index (κ2) is 8.42. The summed E-state index contributed by atoms with van der Waals surface area (Å²) in [6.45, 7) is 6.48. The number of carbonyl (C=O) groups is 1. The van der Waals surface area contributed by atoms with Gasteiger partial charge in [0.15, 0.2) is 0 Å².